The van der Waals surface area contributed by atoms with Crippen molar-refractivity contribution in [1.29, 1.82) is 0 Å². The Bertz CT molecular complexity index is 175. The maximum atomic E-state index is 4.49. The molecule has 0 radical (unpaired) electrons. The van der Waals surface area contributed by atoms with Crippen LogP contribution >= 0.6 is 0 Å². The molecule has 0 aliphatic heterocycles. The molecule has 0 saturated carbocycles. The lowest BCUT2D eigenvalue weighted by molar-refractivity contribution is 0.403. The molecule has 15 heavy (non-hydrogen) atoms. The van der Waals surface area contributed by atoms with E-state index in [2.05, 4.69) is 55.4 Å². The first-order valence-corrected chi connectivity index (χ1v) is 5.75. The van der Waals surface area contributed by atoms with Crippen LogP contribution in [0.4, 0.5) is 0 Å². The molecule has 90 valence electrons. The highest BCUT2D eigenvalue weighted by atomic mass is 15.2. The van der Waals surface area contributed by atoms with E-state index in [1.54, 1.807) is 0 Å². The van der Waals surface area contributed by atoms with Crippen molar-refractivity contribution in [2.45, 2.75) is 33.2 Å². The van der Waals surface area contributed by atoms with Crippen LogP contribution in [0.2, 0.25) is 0 Å². The molecular weight excluding hydrogens is 188 g/mol. The second-order valence-electron chi connectivity index (χ2n) is 4.22. The third kappa shape index (κ3) is 9.53. The molecule has 4 nitrogen and oxygen atoms in total. The first-order chi connectivity index (χ1) is 7.06. The van der Waals surface area contributed by atoms with Crippen molar-refractivity contribution in [2.24, 2.45) is 4.99 Å². The maximum Gasteiger partial charge on any atom is 0.191 e. The average molecular weight is 214 g/mol. The Morgan fingerprint density at radius 1 is 1.33 bits per heavy atom. The smallest absolute Gasteiger partial charge is 0.191 e. The van der Waals surface area contributed by atoms with Crippen LogP contribution in [0.1, 0.15) is 27.2 Å². The molecule has 0 rings (SSSR count). The highest BCUT2D eigenvalue weighted by molar-refractivity contribution is 5.79. The van der Waals surface area contributed by atoms with Gasteiger partial charge in [-0.25, -0.2) is 0 Å². The summed E-state index contributed by atoms with van der Waals surface area (Å²) in [5, 5.41) is 6.52. The minimum atomic E-state index is 0.427. The zero-order valence-electron chi connectivity index (χ0n) is 10.8. The van der Waals surface area contributed by atoms with Crippen molar-refractivity contribution in [1.82, 2.24) is 15.5 Å². The fourth-order valence-electron chi connectivity index (χ4n) is 1.17. The molecule has 0 aromatic heterocycles. The van der Waals surface area contributed by atoms with Crippen LogP contribution < -0.4 is 10.6 Å². The number of aliphatic imine (C=N–C) groups is 1. The van der Waals surface area contributed by atoms with E-state index in [0.29, 0.717) is 6.04 Å². The topological polar surface area (TPSA) is 39.7 Å². The number of nitrogens with zero attached hydrogens (tertiary/aromatic N) is 2. The SMILES string of the molecule is CCNC(=NCCCN(C)C)NC(C)C. The van der Waals surface area contributed by atoms with E-state index in [1.807, 2.05) is 0 Å². The highest BCUT2D eigenvalue weighted by Gasteiger charge is 1.98. The van der Waals surface area contributed by atoms with Crippen LogP contribution in [0.15, 0.2) is 4.99 Å². The second-order valence-corrected chi connectivity index (χ2v) is 4.22. The van der Waals surface area contributed by atoms with Gasteiger partial charge in [0.15, 0.2) is 5.96 Å². The quantitative estimate of drug-likeness (QED) is 0.392. The average Bonchev–Trinajstić information content (AvgIpc) is 2.11. The Balaban J connectivity index is 3.83. The molecule has 0 spiro atoms. The molecule has 0 aliphatic carbocycles. The molecule has 0 fully saturated rings. The number of nitrogens with one attached hydrogen (secondary N) is 2. The van der Waals surface area contributed by atoms with Gasteiger partial charge in [-0.3, -0.25) is 4.99 Å². The first kappa shape index (κ1) is 14.2. The molecule has 0 amide bonds. The summed E-state index contributed by atoms with van der Waals surface area (Å²) >= 11 is 0. The van der Waals surface area contributed by atoms with Crippen molar-refractivity contribution >= 4 is 5.96 Å². The summed E-state index contributed by atoms with van der Waals surface area (Å²) in [5.41, 5.74) is 0. The van der Waals surface area contributed by atoms with E-state index in [9.17, 15) is 0 Å². The van der Waals surface area contributed by atoms with Gasteiger partial charge in [-0.05, 0) is 47.8 Å². The van der Waals surface area contributed by atoms with Crippen LogP contribution in [0, 0.1) is 0 Å². The fraction of sp³-hybridized carbons (Fsp3) is 0.909. The summed E-state index contributed by atoms with van der Waals surface area (Å²) in [6.07, 6.45) is 1.10. The van der Waals surface area contributed by atoms with Gasteiger partial charge in [-0.2, -0.15) is 0 Å². The van der Waals surface area contributed by atoms with Crippen LogP contribution in [0.5, 0.6) is 0 Å². The number of rotatable bonds is 6. The van der Waals surface area contributed by atoms with Gasteiger partial charge in [0.1, 0.15) is 0 Å². The molecule has 2 N–H and O–H groups in total. The van der Waals surface area contributed by atoms with Gasteiger partial charge >= 0.3 is 0 Å². The molecule has 0 atom stereocenters. The predicted molar refractivity (Wildman–Crippen MR) is 67.4 cm³/mol. The molecule has 0 aliphatic rings. The lowest BCUT2D eigenvalue weighted by Crippen LogP contribution is -2.41. The van der Waals surface area contributed by atoms with Gasteiger partial charge in [0.05, 0.1) is 0 Å². The summed E-state index contributed by atoms with van der Waals surface area (Å²) in [4.78, 5) is 6.67. The molecule has 0 aromatic carbocycles. The summed E-state index contributed by atoms with van der Waals surface area (Å²) in [6, 6.07) is 0.427. The van der Waals surface area contributed by atoms with Gasteiger partial charge in [0.2, 0.25) is 0 Å². The zero-order chi connectivity index (χ0) is 11.7. The zero-order valence-corrected chi connectivity index (χ0v) is 10.8. The largest absolute Gasteiger partial charge is 0.357 e. The Labute approximate surface area is 94.1 Å². The van der Waals surface area contributed by atoms with Crippen molar-refractivity contribution in [3.8, 4) is 0 Å². The van der Waals surface area contributed by atoms with Crippen LogP contribution in [-0.4, -0.2) is 50.6 Å². The van der Waals surface area contributed by atoms with E-state index in [4.69, 9.17) is 0 Å². The van der Waals surface area contributed by atoms with Gasteiger partial charge in [0.25, 0.3) is 0 Å². The predicted octanol–water partition coefficient (Wildman–Crippen LogP) is 0.902. The van der Waals surface area contributed by atoms with Gasteiger partial charge in [-0.1, -0.05) is 0 Å². The third-order valence-electron chi connectivity index (χ3n) is 1.80. The van der Waals surface area contributed by atoms with Gasteiger partial charge < -0.3 is 15.5 Å². The summed E-state index contributed by atoms with van der Waals surface area (Å²) in [6.45, 7) is 9.19. The van der Waals surface area contributed by atoms with Gasteiger partial charge in [-0.15, -0.1) is 0 Å². The van der Waals surface area contributed by atoms with Gasteiger partial charge in [0, 0.05) is 19.1 Å². The fourth-order valence-corrected chi connectivity index (χ4v) is 1.17. The van der Waals surface area contributed by atoms with E-state index in [0.717, 1.165) is 32.0 Å². The summed E-state index contributed by atoms with van der Waals surface area (Å²) in [7, 11) is 4.17. The minimum Gasteiger partial charge on any atom is -0.357 e. The number of hydrogen-bond donors (Lipinski definition) is 2. The molecular formula is C11H26N4. The van der Waals surface area contributed by atoms with Crippen LogP contribution in [0.3, 0.4) is 0 Å². The lowest BCUT2D eigenvalue weighted by Gasteiger charge is -2.14. The lowest BCUT2D eigenvalue weighted by atomic mass is 10.4. The molecule has 4 heteroatoms. The first-order valence-electron chi connectivity index (χ1n) is 5.75. The maximum absolute atomic E-state index is 4.49. The number of guanidine groups is 1. The molecule has 0 saturated heterocycles. The highest BCUT2D eigenvalue weighted by Crippen LogP contribution is 1.86. The number of hydrogen-bond acceptors (Lipinski definition) is 2. The van der Waals surface area contributed by atoms with Crippen molar-refractivity contribution in [3.05, 3.63) is 0 Å². The summed E-state index contributed by atoms with van der Waals surface area (Å²) in [5.74, 6) is 0.922. The molecule has 0 aromatic rings. The van der Waals surface area contributed by atoms with E-state index < -0.39 is 0 Å². The normalized spacial score (nSPS) is 12.3. The molecule has 0 unspecified atom stereocenters. The summed E-state index contributed by atoms with van der Waals surface area (Å²) < 4.78 is 0. The minimum absolute atomic E-state index is 0.427. The van der Waals surface area contributed by atoms with Crippen LogP contribution in [0.25, 0.3) is 0 Å². The van der Waals surface area contributed by atoms with E-state index in [-0.39, 0.29) is 0 Å². The Kier molecular flexibility index (Phi) is 8.09. The van der Waals surface area contributed by atoms with Crippen molar-refractivity contribution in [2.75, 3.05) is 33.7 Å². The molecule has 0 heterocycles. The van der Waals surface area contributed by atoms with E-state index in [1.165, 1.54) is 0 Å². The van der Waals surface area contributed by atoms with Crippen molar-refractivity contribution in [3.63, 3.8) is 0 Å². The Morgan fingerprint density at radius 3 is 2.47 bits per heavy atom. The van der Waals surface area contributed by atoms with Crippen LogP contribution in [-0.2, 0) is 0 Å². The monoisotopic (exact) mass is 214 g/mol. The Morgan fingerprint density at radius 2 is 2.00 bits per heavy atom. The second kappa shape index (κ2) is 8.53. The molecule has 0 bridgehead atoms. The third-order valence-corrected chi connectivity index (χ3v) is 1.80. The Hall–Kier alpha value is -0.770. The van der Waals surface area contributed by atoms with E-state index >= 15 is 0 Å². The standard InChI is InChI=1S/C11H26N4/c1-6-12-11(14-10(2)3)13-8-7-9-15(4)5/h10H,6-9H2,1-5H3,(H2,12,13,14). The van der Waals surface area contributed by atoms with Crippen molar-refractivity contribution < 1.29 is 0 Å².